The van der Waals surface area contributed by atoms with E-state index in [1.165, 1.54) is 32.1 Å². The third-order valence-corrected chi connectivity index (χ3v) is 6.08. The van der Waals surface area contributed by atoms with Gasteiger partial charge in [0.2, 0.25) is 5.91 Å². The molecule has 2 aliphatic rings. The normalized spacial score (nSPS) is 25.5. The smallest absolute Gasteiger partial charge is 0.228 e. The van der Waals surface area contributed by atoms with Crippen molar-refractivity contribution in [3.05, 3.63) is 0 Å². The van der Waals surface area contributed by atoms with Crippen molar-refractivity contribution in [2.75, 3.05) is 33.7 Å². The molecular weight excluding hydrogens is 516 g/mol. The van der Waals surface area contributed by atoms with Crippen LogP contribution < -0.4 is 53.3 Å². The van der Waals surface area contributed by atoms with Gasteiger partial charge in [0, 0.05) is 12.8 Å². The molecule has 0 saturated carbocycles. The second kappa shape index (κ2) is 10.8. The predicted octanol–water partition coefficient (Wildman–Crippen LogP) is -5.02. The van der Waals surface area contributed by atoms with E-state index in [9.17, 15) is 4.79 Å². The van der Waals surface area contributed by atoms with E-state index in [-0.39, 0.29) is 48.0 Å². The maximum absolute atomic E-state index is 12.5. The summed E-state index contributed by atoms with van der Waals surface area (Å²) < 4.78 is 1.13. The molecule has 138 valence electrons. The molecule has 2 heterocycles. The molecular formula is C17H35I2N3O. The number of carbonyl (C=O) groups excluding carboxylic acids is 1. The third-order valence-electron chi connectivity index (χ3n) is 6.08. The Kier molecular flexibility index (Phi) is 11.2. The summed E-state index contributed by atoms with van der Waals surface area (Å²) in [6, 6.07) is 2.00. The topological polar surface area (TPSA) is 36.9 Å². The van der Waals surface area contributed by atoms with Crippen molar-refractivity contribution in [3.63, 3.8) is 0 Å². The van der Waals surface area contributed by atoms with Crippen molar-refractivity contribution in [2.24, 2.45) is 0 Å². The number of hydrogen-bond acceptors (Lipinski definition) is 1. The van der Waals surface area contributed by atoms with Gasteiger partial charge in [-0.3, -0.25) is 4.79 Å². The quantitative estimate of drug-likeness (QED) is 0.261. The largest absolute Gasteiger partial charge is 1.00 e. The number of likely N-dealkylation sites (N-methyl/N-ethyl adjacent to an activating group) is 1. The number of piperazine rings is 1. The molecule has 0 radical (unpaired) electrons. The van der Waals surface area contributed by atoms with E-state index in [0.717, 1.165) is 24.1 Å². The van der Waals surface area contributed by atoms with Crippen molar-refractivity contribution in [2.45, 2.75) is 70.5 Å². The average molecular weight is 551 g/mol. The van der Waals surface area contributed by atoms with Crippen molar-refractivity contribution in [3.8, 4) is 0 Å². The van der Waals surface area contributed by atoms with Gasteiger partial charge >= 0.3 is 0 Å². The number of nitrogens with two attached hydrogens (primary N) is 1. The summed E-state index contributed by atoms with van der Waals surface area (Å²) >= 11 is 0. The van der Waals surface area contributed by atoms with Gasteiger partial charge in [-0.05, 0) is 19.3 Å². The molecule has 2 N–H and O–H groups in total. The number of piperidine rings is 1. The van der Waals surface area contributed by atoms with Gasteiger partial charge in [-0.2, -0.15) is 0 Å². The van der Waals surface area contributed by atoms with E-state index < -0.39 is 0 Å². The number of fused-ring (bicyclic) bond motifs is 2. The Morgan fingerprint density at radius 2 is 1.65 bits per heavy atom. The van der Waals surface area contributed by atoms with Crippen LogP contribution in [0.5, 0.6) is 0 Å². The molecule has 2 atom stereocenters. The van der Waals surface area contributed by atoms with E-state index in [0.29, 0.717) is 30.5 Å². The molecule has 2 rings (SSSR count). The molecule has 2 aliphatic heterocycles. The lowest BCUT2D eigenvalue weighted by Gasteiger charge is -2.54. The highest BCUT2D eigenvalue weighted by molar-refractivity contribution is 5.76. The van der Waals surface area contributed by atoms with E-state index in [1.54, 1.807) is 0 Å². The fourth-order valence-corrected chi connectivity index (χ4v) is 4.17. The number of likely N-dealkylation sites (tertiary alicyclic amines) is 1. The molecule has 2 saturated heterocycles. The monoisotopic (exact) mass is 551 g/mol. The van der Waals surface area contributed by atoms with Gasteiger partial charge in [-0.15, -0.1) is 0 Å². The fourth-order valence-electron chi connectivity index (χ4n) is 4.17. The minimum Gasteiger partial charge on any atom is -1.00 e. The van der Waals surface area contributed by atoms with Gasteiger partial charge in [0.1, 0.15) is 12.1 Å². The highest BCUT2D eigenvalue weighted by Gasteiger charge is 2.46. The Balaban J connectivity index is 0.00000242. The zero-order chi connectivity index (χ0) is 15.5. The van der Waals surface area contributed by atoms with Crippen LogP contribution in [0.4, 0.5) is 0 Å². The number of quaternary nitrogens is 2. The molecule has 6 heteroatoms. The lowest BCUT2D eigenvalue weighted by atomic mass is 9.89. The Morgan fingerprint density at radius 3 is 2.13 bits per heavy atom. The Labute approximate surface area is 176 Å². The molecule has 2 bridgehead atoms. The van der Waals surface area contributed by atoms with Gasteiger partial charge in [0.25, 0.3) is 0 Å². The van der Waals surface area contributed by atoms with Crippen LogP contribution in [0.15, 0.2) is 0 Å². The van der Waals surface area contributed by atoms with Crippen molar-refractivity contribution in [1.82, 2.24) is 4.90 Å². The highest BCUT2D eigenvalue weighted by atomic mass is 127. The number of carbonyl (C=O) groups is 1. The lowest BCUT2D eigenvalue weighted by Crippen LogP contribution is -3.00. The summed E-state index contributed by atoms with van der Waals surface area (Å²) in [7, 11) is 4.72. The van der Waals surface area contributed by atoms with Crippen LogP contribution in [0.1, 0.15) is 52.4 Å². The molecule has 0 aromatic rings. The third kappa shape index (κ3) is 5.95. The molecule has 23 heavy (non-hydrogen) atoms. The SMILES string of the molecule is CCC(CC)[NH2+]CCC(=O)N1CC2CCCC(C1)[N+]2(C)C.[I-].[I-]. The Morgan fingerprint density at radius 1 is 1.13 bits per heavy atom. The van der Waals surface area contributed by atoms with Gasteiger partial charge in [0.05, 0.1) is 46.2 Å². The van der Waals surface area contributed by atoms with Crippen LogP contribution in [-0.4, -0.2) is 67.1 Å². The minimum absolute atomic E-state index is 0. The summed E-state index contributed by atoms with van der Waals surface area (Å²) in [5, 5.41) is 2.36. The zero-order valence-corrected chi connectivity index (χ0v) is 19.5. The number of halogens is 2. The molecule has 0 aliphatic carbocycles. The predicted molar refractivity (Wildman–Crippen MR) is 85.9 cm³/mol. The van der Waals surface area contributed by atoms with Crippen LogP contribution in [0.3, 0.4) is 0 Å². The van der Waals surface area contributed by atoms with Crippen LogP contribution in [-0.2, 0) is 4.79 Å². The van der Waals surface area contributed by atoms with E-state index in [4.69, 9.17) is 0 Å². The van der Waals surface area contributed by atoms with Crippen LogP contribution in [0.2, 0.25) is 0 Å². The Hall–Kier alpha value is 0.850. The summed E-state index contributed by atoms with van der Waals surface area (Å²) in [4.78, 5) is 14.7. The first-order chi connectivity index (χ1) is 9.98. The van der Waals surface area contributed by atoms with E-state index in [2.05, 4.69) is 38.2 Å². The number of hydrogen-bond donors (Lipinski definition) is 1. The summed E-state index contributed by atoms with van der Waals surface area (Å²) in [6.07, 6.45) is 7.03. The number of nitrogens with zero attached hydrogens (tertiary/aromatic N) is 2. The minimum atomic E-state index is 0. The van der Waals surface area contributed by atoms with E-state index in [1.807, 2.05) is 0 Å². The van der Waals surface area contributed by atoms with Gasteiger partial charge in [0.15, 0.2) is 0 Å². The first-order valence-electron chi connectivity index (χ1n) is 8.93. The molecule has 2 fully saturated rings. The van der Waals surface area contributed by atoms with Crippen LogP contribution in [0, 0.1) is 0 Å². The van der Waals surface area contributed by atoms with Crippen LogP contribution in [0.25, 0.3) is 0 Å². The Bertz CT molecular complexity index is 346. The van der Waals surface area contributed by atoms with Gasteiger partial charge in [-0.25, -0.2) is 0 Å². The molecule has 1 amide bonds. The summed E-state index contributed by atoms with van der Waals surface area (Å²) in [5.41, 5.74) is 0. The van der Waals surface area contributed by atoms with Gasteiger partial charge in [-0.1, -0.05) is 13.8 Å². The van der Waals surface area contributed by atoms with Crippen molar-refractivity contribution in [1.29, 1.82) is 0 Å². The first-order valence-corrected chi connectivity index (χ1v) is 8.93. The standard InChI is InChI=1S/C17H34N3O.2HI/c1-5-14(6-2)18-11-10-17(21)19-12-15-8-7-9-16(13-19)20(15,3)4;;/h14-16,18H,5-13H2,1-4H3;2*1H/q+1;;/p-1. The fraction of sp³-hybridized carbons (Fsp3) is 0.941. The van der Waals surface area contributed by atoms with Crippen LogP contribution >= 0.6 is 0 Å². The maximum Gasteiger partial charge on any atom is 0.228 e. The average Bonchev–Trinajstić information content (AvgIpc) is 2.42. The second-order valence-corrected chi connectivity index (χ2v) is 7.52. The van der Waals surface area contributed by atoms with E-state index >= 15 is 0 Å². The van der Waals surface area contributed by atoms with Gasteiger partial charge < -0.3 is 62.7 Å². The highest BCUT2D eigenvalue weighted by Crippen LogP contribution is 2.32. The lowest BCUT2D eigenvalue weighted by molar-refractivity contribution is -0.948. The van der Waals surface area contributed by atoms with Crippen molar-refractivity contribution < 1.29 is 62.5 Å². The number of amides is 1. The molecule has 0 spiro atoms. The summed E-state index contributed by atoms with van der Waals surface area (Å²) in [5.74, 6) is 0.383. The molecule has 4 nitrogen and oxygen atoms in total. The second-order valence-electron chi connectivity index (χ2n) is 7.52. The molecule has 2 unspecified atom stereocenters. The molecule has 0 aromatic carbocycles. The summed E-state index contributed by atoms with van der Waals surface area (Å²) in [6.45, 7) is 7.38. The first kappa shape index (κ1) is 23.9. The number of rotatable bonds is 6. The zero-order valence-electron chi connectivity index (χ0n) is 15.2. The van der Waals surface area contributed by atoms with Crippen molar-refractivity contribution >= 4 is 5.91 Å². The maximum atomic E-state index is 12.5. The molecule has 0 aromatic heterocycles.